The molecule has 0 unspecified atom stereocenters. The molecule has 0 spiro atoms. The molecule has 2 rings (SSSR count). The molecule has 0 saturated heterocycles. The minimum Gasteiger partial charge on any atom is -0.508 e. The lowest BCUT2D eigenvalue weighted by atomic mass is 10.2. The second-order valence-electron chi connectivity index (χ2n) is 4.03. The predicted octanol–water partition coefficient (Wildman–Crippen LogP) is 4.18. The van der Waals surface area contributed by atoms with E-state index in [1.54, 1.807) is 18.2 Å². The highest BCUT2D eigenvalue weighted by Gasteiger charge is 2.34. The second kappa shape index (κ2) is 5.70. The van der Waals surface area contributed by atoms with E-state index in [0.29, 0.717) is 5.56 Å². The van der Waals surface area contributed by atoms with E-state index in [1.807, 2.05) is 0 Å². The molecule has 0 aliphatic heterocycles. The van der Waals surface area contributed by atoms with Gasteiger partial charge in [-0.3, -0.25) is 0 Å². The molecule has 2 N–H and O–H groups in total. The highest BCUT2D eigenvalue weighted by molar-refractivity contribution is 9.10. The molecule has 1 aromatic carbocycles. The highest BCUT2D eigenvalue weighted by Crippen LogP contribution is 2.35. The molecular formula is C13H10BrF3N2O. The molecule has 0 aliphatic rings. The van der Waals surface area contributed by atoms with E-state index in [-0.39, 0.29) is 22.6 Å². The van der Waals surface area contributed by atoms with E-state index in [2.05, 4.69) is 26.2 Å². The minimum absolute atomic E-state index is 0.0191. The van der Waals surface area contributed by atoms with Gasteiger partial charge in [0.2, 0.25) is 0 Å². The Morgan fingerprint density at radius 3 is 2.60 bits per heavy atom. The Hall–Kier alpha value is -1.76. The second-order valence-corrected chi connectivity index (χ2v) is 4.95. The van der Waals surface area contributed by atoms with E-state index in [0.717, 1.165) is 6.07 Å². The summed E-state index contributed by atoms with van der Waals surface area (Å²) < 4.78 is 38.9. The van der Waals surface area contributed by atoms with Gasteiger partial charge in [-0.05, 0) is 28.1 Å². The van der Waals surface area contributed by atoms with Gasteiger partial charge in [0.1, 0.15) is 11.6 Å². The third kappa shape index (κ3) is 3.41. The van der Waals surface area contributed by atoms with Crippen LogP contribution in [-0.2, 0) is 12.7 Å². The summed E-state index contributed by atoms with van der Waals surface area (Å²) in [5, 5.41) is 12.2. The van der Waals surface area contributed by atoms with Crippen LogP contribution in [0.4, 0.5) is 19.0 Å². The topological polar surface area (TPSA) is 45.1 Å². The van der Waals surface area contributed by atoms with Gasteiger partial charge in [-0.2, -0.15) is 13.2 Å². The van der Waals surface area contributed by atoms with Crippen LogP contribution in [0.15, 0.2) is 41.0 Å². The zero-order valence-corrected chi connectivity index (χ0v) is 11.7. The van der Waals surface area contributed by atoms with Crippen LogP contribution in [0.5, 0.6) is 5.75 Å². The molecule has 0 radical (unpaired) electrons. The van der Waals surface area contributed by atoms with Crippen molar-refractivity contribution >= 4 is 21.7 Å². The molecule has 0 bridgehead atoms. The molecule has 0 amide bonds. The van der Waals surface area contributed by atoms with E-state index in [9.17, 15) is 18.3 Å². The fraction of sp³-hybridized carbons (Fsp3) is 0.154. The molecule has 0 atom stereocenters. The number of alkyl halides is 3. The lowest BCUT2D eigenvalue weighted by Gasteiger charge is -2.14. The van der Waals surface area contributed by atoms with Crippen LogP contribution in [-0.4, -0.2) is 10.1 Å². The number of nitrogens with one attached hydrogen (secondary N) is 1. The zero-order chi connectivity index (χ0) is 14.8. The Labute approximate surface area is 121 Å². The van der Waals surface area contributed by atoms with Gasteiger partial charge in [0.15, 0.2) is 0 Å². The van der Waals surface area contributed by atoms with Gasteiger partial charge in [-0.15, -0.1) is 0 Å². The number of hydrogen-bond acceptors (Lipinski definition) is 3. The van der Waals surface area contributed by atoms with Crippen LogP contribution < -0.4 is 5.32 Å². The van der Waals surface area contributed by atoms with Crippen molar-refractivity contribution in [2.75, 3.05) is 5.32 Å². The lowest BCUT2D eigenvalue weighted by Crippen LogP contribution is -2.12. The first-order valence-electron chi connectivity index (χ1n) is 5.61. The number of pyridine rings is 1. The number of benzene rings is 1. The smallest absolute Gasteiger partial charge is 0.419 e. The molecule has 2 aromatic rings. The molecule has 0 saturated carbocycles. The number of phenols is 1. The van der Waals surface area contributed by atoms with Crippen LogP contribution in [0.25, 0.3) is 0 Å². The Bertz CT molecular complexity index is 617. The van der Waals surface area contributed by atoms with Crippen molar-refractivity contribution in [2.24, 2.45) is 0 Å². The standard InChI is InChI=1S/C13H10BrF3N2O/c14-9-5-10(13(15,16)17)12(19-7-9)18-6-8-3-1-2-4-11(8)20/h1-5,7,20H,6H2,(H,18,19). The lowest BCUT2D eigenvalue weighted by molar-refractivity contribution is -0.137. The molecule has 7 heteroatoms. The number of anilines is 1. The first-order valence-corrected chi connectivity index (χ1v) is 6.40. The fourth-order valence-electron chi connectivity index (χ4n) is 1.64. The Balaban J connectivity index is 2.24. The summed E-state index contributed by atoms with van der Waals surface area (Å²) in [6.45, 7) is 0.0460. The Morgan fingerprint density at radius 1 is 1.25 bits per heavy atom. The van der Waals surface area contributed by atoms with Gasteiger partial charge in [-0.1, -0.05) is 18.2 Å². The van der Waals surface area contributed by atoms with E-state index in [4.69, 9.17) is 0 Å². The molecule has 0 fully saturated rings. The van der Waals surface area contributed by atoms with Gasteiger partial charge in [-0.25, -0.2) is 4.98 Å². The maximum Gasteiger partial charge on any atom is 0.419 e. The summed E-state index contributed by atoms with van der Waals surface area (Å²) in [5.41, 5.74) is -0.368. The van der Waals surface area contributed by atoms with Crippen molar-refractivity contribution < 1.29 is 18.3 Å². The summed E-state index contributed by atoms with van der Waals surface area (Å²) in [4.78, 5) is 3.73. The number of nitrogens with zero attached hydrogens (tertiary/aromatic N) is 1. The molecule has 1 aromatic heterocycles. The van der Waals surface area contributed by atoms with Crippen LogP contribution in [0.3, 0.4) is 0 Å². The molecule has 1 heterocycles. The molecule has 3 nitrogen and oxygen atoms in total. The van der Waals surface area contributed by atoms with Crippen LogP contribution >= 0.6 is 15.9 Å². The summed E-state index contributed by atoms with van der Waals surface area (Å²) >= 11 is 2.97. The SMILES string of the molecule is Oc1ccccc1CNc1ncc(Br)cc1C(F)(F)F. The number of halogens is 4. The van der Waals surface area contributed by atoms with Crippen molar-refractivity contribution in [3.63, 3.8) is 0 Å². The first kappa shape index (κ1) is 14.6. The van der Waals surface area contributed by atoms with Gasteiger partial charge >= 0.3 is 6.18 Å². The van der Waals surface area contributed by atoms with Crippen molar-refractivity contribution in [1.29, 1.82) is 0 Å². The Morgan fingerprint density at radius 2 is 1.95 bits per heavy atom. The number of hydrogen-bond donors (Lipinski definition) is 2. The van der Waals surface area contributed by atoms with Crippen LogP contribution in [0.1, 0.15) is 11.1 Å². The van der Waals surface area contributed by atoms with Gasteiger partial charge < -0.3 is 10.4 Å². The van der Waals surface area contributed by atoms with Gasteiger partial charge in [0.05, 0.1) is 5.56 Å². The van der Waals surface area contributed by atoms with Crippen LogP contribution in [0, 0.1) is 0 Å². The van der Waals surface area contributed by atoms with Crippen molar-refractivity contribution in [3.8, 4) is 5.75 Å². The number of aromatic hydroxyl groups is 1. The summed E-state index contributed by atoms with van der Waals surface area (Å²) in [6.07, 6.45) is -3.22. The zero-order valence-electron chi connectivity index (χ0n) is 10.1. The maximum atomic E-state index is 12.9. The minimum atomic E-state index is -4.50. The molecular weight excluding hydrogens is 337 g/mol. The number of rotatable bonds is 3. The molecule has 0 aliphatic carbocycles. The van der Waals surface area contributed by atoms with Crippen molar-refractivity contribution in [1.82, 2.24) is 4.98 Å². The third-order valence-electron chi connectivity index (χ3n) is 2.60. The normalized spacial score (nSPS) is 11.4. The van der Waals surface area contributed by atoms with E-state index < -0.39 is 11.7 Å². The molecule has 20 heavy (non-hydrogen) atoms. The van der Waals surface area contributed by atoms with E-state index in [1.165, 1.54) is 12.3 Å². The van der Waals surface area contributed by atoms with Crippen molar-refractivity contribution in [2.45, 2.75) is 12.7 Å². The average Bonchev–Trinajstić information content (AvgIpc) is 2.38. The summed E-state index contributed by atoms with van der Waals surface area (Å²) in [5.74, 6) is -0.255. The van der Waals surface area contributed by atoms with Crippen LogP contribution in [0.2, 0.25) is 0 Å². The van der Waals surface area contributed by atoms with Crippen molar-refractivity contribution in [3.05, 3.63) is 52.1 Å². The third-order valence-corrected chi connectivity index (χ3v) is 3.03. The highest BCUT2D eigenvalue weighted by atomic mass is 79.9. The summed E-state index contributed by atoms with van der Waals surface area (Å²) in [6, 6.07) is 7.37. The maximum absolute atomic E-state index is 12.9. The number of aromatic nitrogens is 1. The quantitative estimate of drug-likeness (QED) is 0.876. The van der Waals surface area contributed by atoms with Gasteiger partial charge in [0.25, 0.3) is 0 Å². The number of phenolic OH excluding ortho intramolecular Hbond substituents is 1. The molecule has 106 valence electrons. The van der Waals surface area contributed by atoms with E-state index >= 15 is 0 Å². The predicted molar refractivity (Wildman–Crippen MR) is 72.4 cm³/mol. The number of para-hydroxylation sites is 1. The van der Waals surface area contributed by atoms with Gasteiger partial charge in [0, 0.05) is 22.8 Å². The Kier molecular flexibility index (Phi) is 4.17. The average molecular weight is 347 g/mol. The largest absolute Gasteiger partial charge is 0.508 e. The summed E-state index contributed by atoms with van der Waals surface area (Å²) in [7, 11) is 0. The fourth-order valence-corrected chi connectivity index (χ4v) is 1.97. The monoisotopic (exact) mass is 346 g/mol. The first-order chi connectivity index (χ1) is 9.38.